The van der Waals surface area contributed by atoms with Crippen LogP contribution in [0.25, 0.3) is 11.3 Å². The van der Waals surface area contributed by atoms with E-state index >= 15 is 0 Å². The zero-order valence-corrected chi connectivity index (χ0v) is 18.8. The number of likely N-dealkylation sites (N-methyl/N-ethyl adjacent to an activating group) is 1. The molecule has 0 radical (unpaired) electrons. The number of benzene rings is 2. The zero-order valence-electron chi connectivity index (χ0n) is 18.0. The molecule has 8 heteroatoms. The Balaban J connectivity index is 1.26. The predicted octanol–water partition coefficient (Wildman–Crippen LogP) is 3.95. The van der Waals surface area contributed by atoms with Gasteiger partial charge in [-0.1, -0.05) is 35.9 Å². The highest BCUT2D eigenvalue weighted by molar-refractivity contribution is 6.30. The fourth-order valence-corrected chi connectivity index (χ4v) is 4.67. The quantitative estimate of drug-likeness (QED) is 0.581. The van der Waals surface area contributed by atoms with Crippen molar-refractivity contribution in [1.82, 2.24) is 15.1 Å². The third-order valence-corrected chi connectivity index (χ3v) is 6.58. The van der Waals surface area contributed by atoms with Gasteiger partial charge in [0, 0.05) is 17.6 Å². The van der Waals surface area contributed by atoms with E-state index in [4.69, 9.17) is 16.0 Å². The highest BCUT2D eigenvalue weighted by Gasteiger charge is 2.55. The van der Waals surface area contributed by atoms with Crippen LogP contribution in [0.2, 0.25) is 5.02 Å². The zero-order chi connectivity index (χ0) is 23.2. The summed E-state index contributed by atoms with van der Waals surface area (Å²) in [5, 5.41) is 3.48. The van der Waals surface area contributed by atoms with Crippen LogP contribution in [0.3, 0.4) is 0 Å². The SMILES string of the molecule is CN(Cc1ccc(-c2ccc(Cl)cc2)o1)C(=O)CN1C(=O)N[C@]2(CCc3ccccc32)C1=O. The summed E-state index contributed by atoms with van der Waals surface area (Å²) < 4.78 is 5.86. The Hall–Kier alpha value is -3.58. The van der Waals surface area contributed by atoms with Crippen LogP contribution in [-0.4, -0.2) is 41.2 Å². The third-order valence-electron chi connectivity index (χ3n) is 6.32. The van der Waals surface area contributed by atoms with E-state index in [0.717, 1.165) is 21.6 Å². The molecular formula is C25H22ClN3O4. The minimum absolute atomic E-state index is 0.212. The van der Waals surface area contributed by atoms with Crippen LogP contribution in [0.4, 0.5) is 4.79 Å². The van der Waals surface area contributed by atoms with Crippen LogP contribution in [0.5, 0.6) is 0 Å². The highest BCUT2D eigenvalue weighted by Crippen LogP contribution is 2.41. The normalized spacial score (nSPS) is 19.2. The number of fused-ring (bicyclic) bond motifs is 2. The van der Waals surface area contributed by atoms with Gasteiger partial charge < -0.3 is 14.6 Å². The van der Waals surface area contributed by atoms with E-state index in [9.17, 15) is 14.4 Å². The van der Waals surface area contributed by atoms with Crippen molar-refractivity contribution >= 4 is 29.4 Å². The number of rotatable bonds is 5. The maximum Gasteiger partial charge on any atom is 0.325 e. The molecule has 2 heterocycles. The number of urea groups is 1. The van der Waals surface area contributed by atoms with Crippen LogP contribution < -0.4 is 5.32 Å². The molecule has 5 rings (SSSR count). The van der Waals surface area contributed by atoms with Crippen molar-refractivity contribution in [2.45, 2.75) is 24.9 Å². The molecule has 0 bridgehead atoms. The number of hydrogen-bond donors (Lipinski definition) is 1. The molecule has 1 N–H and O–H groups in total. The van der Waals surface area contributed by atoms with Crippen LogP contribution in [0.1, 0.15) is 23.3 Å². The molecule has 2 aromatic carbocycles. The van der Waals surface area contributed by atoms with Crippen LogP contribution >= 0.6 is 11.6 Å². The van der Waals surface area contributed by atoms with Crippen molar-refractivity contribution in [1.29, 1.82) is 0 Å². The van der Waals surface area contributed by atoms with Crippen LogP contribution in [0, 0.1) is 0 Å². The lowest BCUT2D eigenvalue weighted by Gasteiger charge is -2.23. The van der Waals surface area contributed by atoms with E-state index in [2.05, 4.69) is 5.32 Å². The maximum atomic E-state index is 13.2. The largest absolute Gasteiger partial charge is 0.459 e. The average molecular weight is 464 g/mol. The lowest BCUT2D eigenvalue weighted by molar-refractivity contribution is -0.138. The predicted molar refractivity (Wildman–Crippen MR) is 122 cm³/mol. The molecule has 1 atom stereocenters. The van der Waals surface area contributed by atoms with Gasteiger partial charge in [0.1, 0.15) is 23.6 Å². The van der Waals surface area contributed by atoms with E-state index < -0.39 is 11.6 Å². The number of nitrogens with one attached hydrogen (secondary N) is 1. The first kappa shape index (κ1) is 21.3. The number of imide groups is 1. The molecule has 1 saturated heterocycles. The van der Waals surface area contributed by atoms with E-state index in [0.29, 0.717) is 29.4 Å². The maximum absolute atomic E-state index is 13.2. The molecule has 4 amide bonds. The van der Waals surface area contributed by atoms with E-state index in [-0.39, 0.29) is 24.9 Å². The fourth-order valence-electron chi connectivity index (χ4n) is 4.54. The van der Waals surface area contributed by atoms with E-state index in [1.54, 1.807) is 25.2 Å². The van der Waals surface area contributed by atoms with Crippen molar-refractivity contribution in [3.63, 3.8) is 0 Å². The first-order valence-corrected chi connectivity index (χ1v) is 11.1. The number of nitrogens with zero attached hydrogens (tertiary/aromatic N) is 2. The van der Waals surface area contributed by atoms with Gasteiger partial charge >= 0.3 is 6.03 Å². The summed E-state index contributed by atoms with van der Waals surface area (Å²) in [6, 6.07) is 18.0. The van der Waals surface area contributed by atoms with Crippen LogP contribution in [-0.2, 0) is 28.1 Å². The monoisotopic (exact) mass is 463 g/mol. The van der Waals surface area contributed by atoms with Gasteiger partial charge in [0.15, 0.2) is 0 Å². The van der Waals surface area contributed by atoms with Crippen molar-refractivity contribution in [3.05, 3.63) is 82.6 Å². The van der Waals surface area contributed by atoms with Crippen molar-refractivity contribution in [3.8, 4) is 11.3 Å². The first-order chi connectivity index (χ1) is 15.9. The lowest BCUT2D eigenvalue weighted by atomic mass is 9.92. The van der Waals surface area contributed by atoms with Gasteiger partial charge in [-0.2, -0.15) is 0 Å². The molecule has 1 aliphatic carbocycles. The Kier molecular flexibility index (Phi) is 5.21. The highest BCUT2D eigenvalue weighted by atomic mass is 35.5. The van der Waals surface area contributed by atoms with Gasteiger partial charge in [0.05, 0.1) is 6.54 Å². The van der Waals surface area contributed by atoms with E-state index in [1.807, 2.05) is 42.5 Å². The summed E-state index contributed by atoms with van der Waals surface area (Å²) in [6.07, 6.45) is 1.20. The molecule has 0 unspecified atom stereocenters. The molecule has 3 aromatic rings. The number of furan rings is 1. The first-order valence-electron chi connectivity index (χ1n) is 10.7. The third kappa shape index (κ3) is 3.68. The van der Waals surface area contributed by atoms with Gasteiger partial charge in [-0.25, -0.2) is 4.79 Å². The van der Waals surface area contributed by atoms with Gasteiger partial charge in [0.2, 0.25) is 5.91 Å². The molecule has 0 saturated carbocycles. The molecule has 1 fully saturated rings. The number of halogens is 1. The van der Waals surface area contributed by atoms with E-state index in [1.165, 1.54) is 4.90 Å². The smallest absolute Gasteiger partial charge is 0.325 e. The second-order valence-corrected chi connectivity index (χ2v) is 8.84. The second-order valence-electron chi connectivity index (χ2n) is 8.41. The number of aryl methyl sites for hydroxylation is 1. The summed E-state index contributed by atoms with van der Waals surface area (Å²) in [5.74, 6) is 0.529. The molecule has 2 aliphatic rings. The summed E-state index contributed by atoms with van der Waals surface area (Å²) in [6.45, 7) is -0.111. The molecule has 1 spiro atoms. The number of amides is 4. The van der Waals surface area contributed by atoms with Gasteiger partial charge in [-0.3, -0.25) is 14.5 Å². The Labute approximate surface area is 195 Å². The minimum Gasteiger partial charge on any atom is -0.459 e. The summed E-state index contributed by atoms with van der Waals surface area (Å²) >= 11 is 5.93. The average Bonchev–Trinajstić information content (AvgIpc) is 3.48. The summed E-state index contributed by atoms with van der Waals surface area (Å²) in [4.78, 5) is 41.2. The molecule has 7 nitrogen and oxygen atoms in total. The van der Waals surface area contributed by atoms with Crippen molar-refractivity contribution < 1.29 is 18.8 Å². The van der Waals surface area contributed by atoms with Gasteiger partial charge in [-0.05, 0) is 60.4 Å². The Morgan fingerprint density at radius 2 is 1.88 bits per heavy atom. The lowest BCUT2D eigenvalue weighted by Crippen LogP contribution is -2.44. The fraction of sp³-hybridized carbons (Fsp3) is 0.240. The van der Waals surface area contributed by atoms with Gasteiger partial charge in [0.25, 0.3) is 5.91 Å². The molecular weight excluding hydrogens is 442 g/mol. The molecule has 33 heavy (non-hydrogen) atoms. The molecule has 168 valence electrons. The van der Waals surface area contributed by atoms with Crippen LogP contribution in [0.15, 0.2) is 65.1 Å². The van der Waals surface area contributed by atoms with Crippen molar-refractivity contribution in [2.24, 2.45) is 0 Å². The Morgan fingerprint density at radius 1 is 1.12 bits per heavy atom. The standard InChI is InChI=1S/C25H22ClN3O4/c1-28(14-19-10-11-21(33-19)17-6-8-18(26)9-7-17)22(30)15-29-23(31)25(27-24(29)32)13-12-16-4-2-3-5-20(16)25/h2-11H,12-15H2,1H3,(H,27,32)/t25-/m0/s1. The molecule has 1 aromatic heterocycles. The minimum atomic E-state index is -1.07. The van der Waals surface area contributed by atoms with Crippen molar-refractivity contribution in [2.75, 3.05) is 13.6 Å². The topological polar surface area (TPSA) is 82.9 Å². The van der Waals surface area contributed by atoms with Gasteiger partial charge in [-0.15, -0.1) is 0 Å². The number of hydrogen-bond acceptors (Lipinski definition) is 4. The Bertz CT molecular complexity index is 1250. The summed E-state index contributed by atoms with van der Waals surface area (Å²) in [7, 11) is 1.62. The second kappa shape index (κ2) is 8.08. The number of carbonyl (C=O) groups excluding carboxylic acids is 3. The number of carbonyl (C=O) groups is 3. The Morgan fingerprint density at radius 3 is 2.67 bits per heavy atom. The molecule has 1 aliphatic heterocycles. The summed E-state index contributed by atoms with van der Waals surface area (Å²) in [5.41, 5.74) is 1.67.